The van der Waals surface area contributed by atoms with Crippen molar-refractivity contribution >= 4 is 5.91 Å². The summed E-state index contributed by atoms with van der Waals surface area (Å²) in [7, 11) is 1.59. The van der Waals surface area contributed by atoms with E-state index in [1.54, 1.807) is 30.3 Å². The number of aryl methyl sites for hydroxylation is 1. The quantitative estimate of drug-likeness (QED) is 0.921. The minimum atomic E-state index is -0.0954. The number of nitrogens with zero attached hydrogens (tertiary/aromatic N) is 1. The van der Waals surface area contributed by atoms with Crippen molar-refractivity contribution in [2.45, 2.75) is 19.9 Å². The first kappa shape index (κ1) is 14.4. The largest absolute Gasteiger partial charge is 0.497 e. The Balaban J connectivity index is 1.86. The average Bonchev–Trinajstić information content (AvgIpc) is 2.53. The van der Waals surface area contributed by atoms with Crippen LogP contribution in [0, 0.1) is 6.92 Å². The van der Waals surface area contributed by atoms with Crippen LogP contribution in [0.5, 0.6) is 5.75 Å². The van der Waals surface area contributed by atoms with Gasteiger partial charge in [-0.2, -0.15) is 0 Å². The van der Waals surface area contributed by atoms with E-state index in [1.807, 2.05) is 19.1 Å². The van der Waals surface area contributed by atoms with Crippen molar-refractivity contribution in [2.24, 2.45) is 0 Å². The molecule has 1 aliphatic rings. The number of pyridine rings is 1. The van der Waals surface area contributed by atoms with Gasteiger partial charge in [0.15, 0.2) is 0 Å². The SMILES string of the molecule is COc1cc(C)cc(C(=O)N2CCc3cc(=O)[nH]cc3C2)c1. The maximum absolute atomic E-state index is 12.7. The van der Waals surface area contributed by atoms with Gasteiger partial charge in [0.2, 0.25) is 5.56 Å². The number of carbonyl (C=O) groups is 1. The van der Waals surface area contributed by atoms with Crippen LogP contribution in [0.4, 0.5) is 0 Å². The normalized spacial score (nSPS) is 13.6. The molecule has 1 N–H and O–H groups in total. The molecule has 22 heavy (non-hydrogen) atoms. The number of carbonyl (C=O) groups excluding carboxylic acids is 1. The highest BCUT2D eigenvalue weighted by Gasteiger charge is 2.22. The second-order valence-corrected chi connectivity index (χ2v) is 5.56. The van der Waals surface area contributed by atoms with Gasteiger partial charge in [0.25, 0.3) is 5.91 Å². The van der Waals surface area contributed by atoms with E-state index in [9.17, 15) is 9.59 Å². The molecule has 0 spiro atoms. The van der Waals surface area contributed by atoms with E-state index in [0.717, 1.165) is 16.7 Å². The number of aromatic amines is 1. The molecule has 1 aromatic heterocycles. The lowest BCUT2D eigenvalue weighted by Crippen LogP contribution is -2.36. The third-order valence-corrected chi connectivity index (χ3v) is 3.94. The molecule has 0 saturated heterocycles. The number of rotatable bonds is 2. The van der Waals surface area contributed by atoms with Crippen LogP contribution in [0.3, 0.4) is 0 Å². The molecule has 0 bridgehead atoms. The van der Waals surface area contributed by atoms with Crippen LogP contribution < -0.4 is 10.3 Å². The van der Waals surface area contributed by atoms with Crippen LogP contribution in [-0.4, -0.2) is 29.4 Å². The summed E-state index contributed by atoms with van der Waals surface area (Å²) in [6.07, 6.45) is 2.40. The summed E-state index contributed by atoms with van der Waals surface area (Å²) >= 11 is 0. The van der Waals surface area contributed by atoms with Crippen LogP contribution in [0.25, 0.3) is 0 Å². The Labute approximate surface area is 128 Å². The zero-order valence-corrected chi connectivity index (χ0v) is 12.7. The first-order valence-electron chi connectivity index (χ1n) is 7.22. The molecule has 1 aromatic carbocycles. The van der Waals surface area contributed by atoms with Gasteiger partial charge in [-0.15, -0.1) is 0 Å². The van der Waals surface area contributed by atoms with Crippen molar-refractivity contribution in [3.8, 4) is 5.75 Å². The summed E-state index contributed by atoms with van der Waals surface area (Å²) in [5.41, 5.74) is 3.55. The number of H-pyrrole nitrogens is 1. The van der Waals surface area contributed by atoms with Crippen molar-refractivity contribution < 1.29 is 9.53 Å². The van der Waals surface area contributed by atoms with Gasteiger partial charge in [-0.3, -0.25) is 9.59 Å². The highest BCUT2D eigenvalue weighted by Crippen LogP contribution is 2.22. The number of nitrogens with one attached hydrogen (secondary N) is 1. The standard InChI is InChI=1S/C17H18N2O3/c1-11-5-13(7-15(6-11)22-2)17(21)19-4-3-12-8-16(20)18-9-14(12)10-19/h5-9H,3-4,10H2,1-2H3,(H,18,20). The minimum Gasteiger partial charge on any atom is -0.497 e. The molecule has 2 aromatic rings. The van der Waals surface area contributed by atoms with E-state index >= 15 is 0 Å². The Kier molecular flexibility index (Phi) is 3.71. The van der Waals surface area contributed by atoms with Gasteiger partial charge in [0.05, 0.1) is 7.11 Å². The van der Waals surface area contributed by atoms with E-state index in [4.69, 9.17) is 4.74 Å². The zero-order chi connectivity index (χ0) is 15.7. The number of hydrogen-bond donors (Lipinski definition) is 1. The Morgan fingerprint density at radius 1 is 1.23 bits per heavy atom. The molecule has 5 heteroatoms. The Morgan fingerprint density at radius 3 is 2.82 bits per heavy atom. The molecule has 0 atom stereocenters. The van der Waals surface area contributed by atoms with Gasteiger partial charge >= 0.3 is 0 Å². The maximum Gasteiger partial charge on any atom is 0.254 e. The van der Waals surface area contributed by atoms with Gasteiger partial charge < -0.3 is 14.6 Å². The van der Waals surface area contributed by atoms with E-state index in [2.05, 4.69) is 4.98 Å². The number of fused-ring (bicyclic) bond motifs is 1. The Bertz CT molecular complexity index is 780. The summed E-state index contributed by atoms with van der Waals surface area (Å²) in [6, 6.07) is 7.14. The maximum atomic E-state index is 12.7. The number of aromatic nitrogens is 1. The highest BCUT2D eigenvalue weighted by atomic mass is 16.5. The fourth-order valence-electron chi connectivity index (χ4n) is 2.81. The molecule has 0 unspecified atom stereocenters. The van der Waals surface area contributed by atoms with E-state index < -0.39 is 0 Å². The van der Waals surface area contributed by atoms with Crippen molar-refractivity contribution in [1.82, 2.24) is 9.88 Å². The first-order valence-corrected chi connectivity index (χ1v) is 7.22. The second-order valence-electron chi connectivity index (χ2n) is 5.56. The molecule has 0 radical (unpaired) electrons. The minimum absolute atomic E-state index is 0.0150. The van der Waals surface area contributed by atoms with Gasteiger partial charge in [-0.05, 0) is 48.2 Å². The molecule has 0 fully saturated rings. The molecule has 114 valence electrons. The predicted octanol–water partition coefficient (Wildman–Crippen LogP) is 1.89. The van der Waals surface area contributed by atoms with Crippen molar-refractivity contribution in [3.05, 3.63) is 63.1 Å². The predicted molar refractivity (Wildman–Crippen MR) is 83.2 cm³/mol. The molecular weight excluding hydrogens is 280 g/mol. The molecule has 0 saturated carbocycles. The molecule has 5 nitrogen and oxygen atoms in total. The number of amides is 1. The molecular formula is C17H18N2O3. The molecule has 1 aliphatic heterocycles. The summed E-state index contributed by atoms with van der Waals surface area (Å²) in [5, 5.41) is 0. The van der Waals surface area contributed by atoms with Crippen LogP contribution >= 0.6 is 0 Å². The molecule has 1 amide bonds. The van der Waals surface area contributed by atoms with E-state index in [0.29, 0.717) is 30.8 Å². The van der Waals surface area contributed by atoms with Crippen LogP contribution in [0.15, 0.2) is 35.3 Å². The van der Waals surface area contributed by atoms with Crippen molar-refractivity contribution in [2.75, 3.05) is 13.7 Å². The van der Waals surface area contributed by atoms with Gasteiger partial charge in [0.1, 0.15) is 5.75 Å². The fraction of sp³-hybridized carbons (Fsp3) is 0.294. The topological polar surface area (TPSA) is 62.4 Å². The van der Waals surface area contributed by atoms with Gasteiger partial charge in [-0.1, -0.05) is 0 Å². The lowest BCUT2D eigenvalue weighted by Gasteiger charge is -2.28. The lowest BCUT2D eigenvalue weighted by atomic mass is 10.0. The summed E-state index contributed by atoms with van der Waals surface area (Å²) in [5.74, 6) is 0.670. The number of hydrogen-bond acceptors (Lipinski definition) is 3. The second kappa shape index (κ2) is 5.67. The van der Waals surface area contributed by atoms with E-state index in [1.165, 1.54) is 0 Å². The van der Waals surface area contributed by atoms with Crippen molar-refractivity contribution in [3.63, 3.8) is 0 Å². The number of benzene rings is 1. The van der Waals surface area contributed by atoms with Gasteiger partial charge in [-0.25, -0.2) is 0 Å². The van der Waals surface area contributed by atoms with Crippen LogP contribution in [-0.2, 0) is 13.0 Å². The molecule has 0 aliphatic carbocycles. The highest BCUT2D eigenvalue weighted by molar-refractivity contribution is 5.95. The fourth-order valence-corrected chi connectivity index (χ4v) is 2.81. The van der Waals surface area contributed by atoms with Gasteiger partial charge in [0, 0.05) is 30.9 Å². The monoisotopic (exact) mass is 298 g/mol. The first-order chi connectivity index (χ1) is 10.6. The third-order valence-electron chi connectivity index (χ3n) is 3.94. The molecule has 2 heterocycles. The lowest BCUT2D eigenvalue weighted by molar-refractivity contribution is 0.0734. The summed E-state index contributed by atoms with van der Waals surface area (Å²) < 4.78 is 5.23. The van der Waals surface area contributed by atoms with E-state index in [-0.39, 0.29) is 11.5 Å². The Hall–Kier alpha value is -2.56. The Morgan fingerprint density at radius 2 is 2.05 bits per heavy atom. The third kappa shape index (κ3) is 2.74. The van der Waals surface area contributed by atoms with Crippen LogP contribution in [0.2, 0.25) is 0 Å². The average molecular weight is 298 g/mol. The van der Waals surface area contributed by atoms with Crippen LogP contribution in [0.1, 0.15) is 27.0 Å². The number of methoxy groups -OCH3 is 1. The molecule has 3 rings (SSSR count). The summed E-state index contributed by atoms with van der Waals surface area (Å²) in [6.45, 7) is 3.07. The van der Waals surface area contributed by atoms with Crippen molar-refractivity contribution in [1.29, 1.82) is 0 Å². The zero-order valence-electron chi connectivity index (χ0n) is 12.7. The summed E-state index contributed by atoms with van der Waals surface area (Å²) in [4.78, 5) is 28.5. The smallest absolute Gasteiger partial charge is 0.254 e. The number of ether oxygens (including phenoxy) is 1.